The molecule has 2 N–H and O–H groups in total. The van der Waals surface area contributed by atoms with Crippen molar-refractivity contribution in [1.29, 1.82) is 0 Å². The summed E-state index contributed by atoms with van der Waals surface area (Å²) in [6.07, 6.45) is 0. The highest BCUT2D eigenvalue weighted by molar-refractivity contribution is 6.02. The Morgan fingerprint density at radius 3 is 2.67 bits per heavy atom. The molecule has 3 rings (SSSR count). The van der Waals surface area contributed by atoms with E-state index in [0.29, 0.717) is 22.5 Å². The first-order chi connectivity index (χ1) is 12.9. The van der Waals surface area contributed by atoms with Crippen LogP contribution in [0.25, 0.3) is 11.0 Å². The lowest BCUT2D eigenvalue weighted by Crippen LogP contribution is -2.33. The molecule has 2 amide bonds. The van der Waals surface area contributed by atoms with Crippen molar-refractivity contribution in [1.82, 2.24) is 15.1 Å². The number of carbonyl (C=O) groups is 2. The molecular weight excluding hydrogens is 348 g/mol. The van der Waals surface area contributed by atoms with Crippen LogP contribution in [-0.2, 0) is 23.2 Å². The summed E-state index contributed by atoms with van der Waals surface area (Å²) in [5.74, 6) is -0.653. The van der Waals surface area contributed by atoms with Gasteiger partial charge < -0.3 is 19.8 Å². The molecule has 0 fully saturated rings. The molecule has 0 aliphatic heterocycles. The second-order valence-electron chi connectivity index (χ2n) is 6.24. The third-order valence-electron chi connectivity index (χ3n) is 4.38. The van der Waals surface area contributed by atoms with Gasteiger partial charge in [0, 0.05) is 25.1 Å². The van der Waals surface area contributed by atoms with Gasteiger partial charge in [-0.15, -0.1) is 0 Å². The second kappa shape index (κ2) is 7.63. The number of ether oxygens (including phenoxy) is 1. The summed E-state index contributed by atoms with van der Waals surface area (Å²) in [5, 5.41) is 10.4. The maximum Gasteiger partial charge on any atom is 0.287 e. The smallest absolute Gasteiger partial charge is 0.287 e. The number of furan rings is 1. The Hall–Kier alpha value is -3.13. The molecule has 0 atom stereocenters. The molecule has 27 heavy (non-hydrogen) atoms. The lowest BCUT2D eigenvalue weighted by atomic mass is 10.1. The normalized spacial score (nSPS) is 11.0. The van der Waals surface area contributed by atoms with Gasteiger partial charge in [0.15, 0.2) is 5.76 Å². The molecule has 0 aliphatic carbocycles. The Kier molecular flexibility index (Phi) is 5.27. The van der Waals surface area contributed by atoms with Crippen molar-refractivity contribution in [2.45, 2.75) is 20.5 Å². The number of amides is 2. The minimum Gasteiger partial charge on any atom is -0.451 e. The Bertz CT molecular complexity index is 1000. The van der Waals surface area contributed by atoms with Crippen LogP contribution in [0.1, 0.15) is 27.5 Å². The maximum atomic E-state index is 12.5. The van der Waals surface area contributed by atoms with Gasteiger partial charge in [0.05, 0.1) is 30.2 Å². The quantitative estimate of drug-likeness (QED) is 0.694. The van der Waals surface area contributed by atoms with Crippen LogP contribution in [0.15, 0.2) is 28.7 Å². The van der Waals surface area contributed by atoms with Gasteiger partial charge in [-0.05, 0) is 19.9 Å². The van der Waals surface area contributed by atoms with Gasteiger partial charge in [0.2, 0.25) is 5.91 Å². The molecule has 1 aromatic carbocycles. The van der Waals surface area contributed by atoms with E-state index >= 15 is 0 Å². The fourth-order valence-electron chi connectivity index (χ4n) is 2.95. The number of nitrogens with zero attached hydrogens (tertiary/aromatic N) is 2. The molecule has 0 spiro atoms. The van der Waals surface area contributed by atoms with Gasteiger partial charge >= 0.3 is 0 Å². The number of hydrogen-bond donors (Lipinski definition) is 2. The van der Waals surface area contributed by atoms with E-state index in [1.165, 1.54) is 0 Å². The number of benzene rings is 1. The van der Waals surface area contributed by atoms with E-state index < -0.39 is 5.91 Å². The van der Waals surface area contributed by atoms with Crippen LogP contribution in [-0.4, -0.2) is 35.2 Å². The van der Waals surface area contributed by atoms with Crippen molar-refractivity contribution in [2.24, 2.45) is 7.05 Å². The molecule has 0 bridgehead atoms. The summed E-state index contributed by atoms with van der Waals surface area (Å²) in [7, 11) is 3.36. The van der Waals surface area contributed by atoms with Gasteiger partial charge in [-0.25, -0.2) is 0 Å². The van der Waals surface area contributed by atoms with Crippen LogP contribution in [0.3, 0.4) is 0 Å². The number of para-hydroxylation sites is 1. The van der Waals surface area contributed by atoms with Crippen molar-refractivity contribution in [2.75, 3.05) is 19.0 Å². The fraction of sp³-hybridized carbons (Fsp3) is 0.316. The van der Waals surface area contributed by atoms with E-state index in [9.17, 15) is 9.59 Å². The Morgan fingerprint density at radius 1 is 1.26 bits per heavy atom. The number of aromatic nitrogens is 2. The summed E-state index contributed by atoms with van der Waals surface area (Å²) in [6, 6.07) is 7.34. The number of fused-ring (bicyclic) bond motifs is 1. The second-order valence-corrected chi connectivity index (χ2v) is 6.24. The van der Waals surface area contributed by atoms with Crippen molar-refractivity contribution < 1.29 is 18.7 Å². The van der Waals surface area contributed by atoms with E-state index in [-0.39, 0.29) is 24.8 Å². The number of aryl methyl sites for hydroxylation is 2. The monoisotopic (exact) mass is 370 g/mol. The van der Waals surface area contributed by atoms with E-state index in [4.69, 9.17) is 9.15 Å². The predicted molar refractivity (Wildman–Crippen MR) is 101 cm³/mol. The third-order valence-corrected chi connectivity index (χ3v) is 4.38. The summed E-state index contributed by atoms with van der Waals surface area (Å²) >= 11 is 0. The van der Waals surface area contributed by atoms with Crippen LogP contribution >= 0.6 is 0 Å². The number of methoxy groups -OCH3 is 1. The molecule has 8 heteroatoms. The molecule has 0 aliphatic rings. The molecule has 3 aromatic rings. The predicted octanol–water partition coefficient (Wildman–Crippen LogP) is 2.30. The molecular formula is C19H22N4O4. The number of carbonyl (C=O) groups excluding carboxylic acids is 2. The largest absolute Gasteiger partial charge is 0.451 e. The van der Waals surface area contributed by atoms with Crippen LogP contribution in [0, 0.1) is 13.8 Å². The minimum absolute atomic E-state index is 0.152. The Labute approximate surface area is 156 Å². The average Bonchev–Trinajstić information content (AvgIpc) is 3.13. The van der Waals surface area contributed by atoms with E-state index in [2.05, 4.69) is 15.7 Å². The number of anilines is 1. The van der Waals surface area contributed by atoms with Gasteiger partial charge in [-0.3, -0.25) is 14.3 Å². The van der Waals surface area contributed by atoms with Crippen molar-refractivity contribution in [3.63, 3.8) is 0 Å². The lowest BCUT2D eigenvalue weighted by Gasteiger charge is -2.07. The summed E-state index contributed by atoms with van der Waals surface area (Å²) in [6.45, 7) is 3.72. The topological polar surface area (TPSA) is 98.4 Å². The van der Waals surface area contributed by atoms with E-state index in [1.807, 2.05) is 32.0 Å². The van der Waals surface area contributed by atoms with Crippen molar-refractivity contribution in [3.05, 3.63) is 47.0 Å². The van der Waals surface area contributed by atoms with E-state index in [1.54, 1.807) is 24.9 Å². The average molecular weight is 370 g/mol. The van der Waals surface area contributed by atoms with Gasteiger partial charge in [0.25, 0.3) is 5.91 Å². The zero-order chi connectivity index (χ0) is 19.6. The number of rotatable bonds is 6. The Balaban J connectivity index is 1.71. The lowest BCUT2D eigenvalue weighted by molar-refractivity contribution is -0.115. The third kappa shape index (κ3) is 3.70. The molecule has 0 unspecified atom stereocenters. The minimum atomic E-state index is -0.465. The summed E-state index contributed by atoms with van der Waals surface area (Å²) < 4.78 is 12.5. The zero-order valence-electron chi connectivity index (χ0n) is 15.8. The van der Waals surface area contributed by atoms with Crippen LogP contribution in [0.5, 0.6) is 0 Å². The summed E-state index contributed by atoms with van der Waals surface area (Å²) in [5.41, 5.74) is 3.47. The number of nitrogens with one attached hydrogen (secondary N) is 2. The van der Waals surface area contributed by atoms with Crippen LogP contribution < -0.4 is 10.6 Å². The highest BCUT2D eigenvalue weighted by Crippen LogP contribution is 2.26. The van der Waals surface area contributed by atoms with Gasteiger partial charge in [-0.1, -0.05) is 18.2 Å². The molecule has 0 saturated carbocycles. The van der Waals surface area contributed by atoms with Gasteiger partial charge in [-0.2, -0.15) is 5.10 Å². The van der Waals surface area contributed by atoms with Crippen LogP contribution in [0.4, 0.5) is 5.69 Å². The molecule has 2 aromatic heterocycles. The maximum absolute atomic E-state index is 12.5. The summed E-state index contributed by atoms with van der Waals surface area (Å²) in [4.78, 5) is 24.8. The first-order valence-electron chi connectivity index (χ1n) is 8.50. The first kappa shape index (κ1) is 18.7. The fourth-order valence-corrected chi connectivity index (χ4v) is 2.95. The van der Waals surface area contributed by atoms with Crippen molar-refractivity contribution in [3.8, 4) is 0 Å². The molecule has 2 heterocycles. The standard InChI is InChI=1S/C19H22N4O4/c1-11-17(12(2)23(3)22-11)21-16(24)9-20-19(25)18-14(10-26-4)13-7-5-6-8-15(13)27-18/h5-8H,9-10H2,1-4H3,(H,20,25)(H,21,24). The van der Waals surface area contributed by atoms with Crippen LogP contribution in [0.2, 0.25) is 0 Å². The van der Waals surface area contributed by atoms with Crippen molar-refractivity contribution >= 4 is 28.5 Å². The molecule has 0 radical (unpaired) electrons. The highest BCUT2D eigenvalue weighted by atomic mass is 16.5. The SMILES string of the molecule is COCc1c(C(=O)NCC(=O)Nc2c(C)nn(C)c2C)oc2ccccc12. The highest BCUT2D eigenvalue weighted by Gasteiger charge is 2.21. The first-order valence-corrected chi connectivity index (χ1v) is 8.50. The van der Waals surface area contributed by atoms with E-state index in [0.717, 1.165) is 11.1 Å². The van der Waals surface area contributed by atoms with Gasteiger partial charge in [0.1, 0.15) is 5.58 Å². The molecule has 142 valence electrons. The number of hydrogen-bond acceptors (Lipinski definition) is 5. The zero-order valence-corrected chi connectivity index (χ0v) is 15.8. The molecule has 0 saturated heterocycles. The molecule has 8 nitrogen and oxygen atoms in total. The Morgan fingerprint density at radius 2 is 2.00 bits per heavy atom.